The molecule has 0 spiro atoms. The molecule has 33 heavy (non-hydrogen) atoms. The number of fused-ring (bicyclic) bond motifs is 1. The van der Waals surface area contributed by atoms with Crippen LogP contribution in [0, 0.1) is 10.1 Å². The van der Waals surface area contributed by atoms with E-state index in [9.17, 15) is 18.5 Å². The van der Waals surface area contributed by atoms with Crippen molar-refractivity contribution in [1.29, 1.82) is 0 Å². The molecule has 9 nitrogen and oxygen atoms in total. The molecule has 11 heteroatoms. The maximum atomic E-state index is 12.5. The van der Waals surface area contributed by atoms with E-state index in [0.29, 0.717) is 18.8 Å². The highest BCUT2D eigenvalue weighted by atomic mass is 32.2. The van der Waals surface area contributed by atoms with Crippen LogP contribution >= 0.6 is 11.3 Å². The first-order valence-electron chi connectivity index (χ1n) is 10.8. The van der Waals surface area contributed by atoms with E-state index in [1.165, 1.54) is 6.07 Å². The molecular weight excluding hydrogens is 462 g/mol. The van der Waals surface area contributed by atoms with Gasteiger partial charge in [-0.1, -0.05) is 12.1 Å². The summed E-state index contributed by atoms with van der Waals surface area (Å²) in [4.78, 5) is 20.2. The van der Waals surface area contributed by atoms with Crippen LogP contribution in [0.1, 0.15) is 31.8 Å². The number of nitrogens with zero attached hydrogens (tertiary/aromatic N) is 4. The monoisotopic (exact) mass is 489 g/mol. The molecule has 0 aliphatic carbocycles. The number of sulfonamides is 1. The van der Waals surface area contributed by atoms with Crippen LogP contribution in [0.2, 0.25) is 0 Å². The van der Waals surface area contributed by atoms with Gasteiger partial charge in [-0.25, -0.2) is 18.1 Å². The minimum atomic E-state index is -3.81. The van der Waals surface area contributed by atoms with Gasteiger partial charge in [0.05, 0.1) is 26.1 Å². The average Bonchev–Trinajstić information content (AvgIpc) is 3.22. The van der Waals surface area contributed by atoms with E-state index in [-0.39, 0.29) is 22.7 Å². The number of rotatable bonds is 7. The molecule has 1 aliphatic heterocycles. The van der Waals surface area contributed by atoms with Crippen LogP contribution in [0.3, 0.4) is 0 Å². The molecule has 0 saturated carbocycles. The van der Waals surface area contributed by atoms with Gasteiger partial charge in [0.25, 0.3) is 5.69 Å². The molecule has 1 N–H and O–H groups in total. The topological polar surface area (TPSA) is 109 Å². The smallest absolute Gasteiger partial charge is 0.293 e. The summed E-state index contributed by atoms with van der Waals surface area (Å²) < 4.78 is 28.6. The van der Waals surface area contributed by atoms with Crippen LogP contribution in [0.5, 0.6) is 0 Å². The Morgan fingerprint density at radius 1 is 1.09 bits per heavy atom. The predicted octanol–water partition coefficient (Wildman–Crippen LogP) is 3.77. The molecule has 0 bridgehead atoms. The summed E-state index contributed by atoms with van der Waals surface area (Å²) in [7, 11) is -3.81. The molecule has 2 heterocycles. The Labute approximate surface area is 197 Å². The van der Waals surface area contributed by atoms with Crippen molar-refractivity contribution < 1.29 is 13.3 Å². The summed E-state index contributed by atoms with van der Waals surface area (Å²) >= 11 is 1.69. The summed E-state index contributed by atoms with van der Waals surface area (Å²) in [6.45, 7) is 8.20. The molecule has 1 aliphatic rings. The fourth-order valence-electron chi connectivity index (χ4n) is 4.04. The number of nitro benzene ring substituents is 1. The first-order valence-corrected chi connectivity index (χ1v) is 13.1. The van der Waals surface area contributed by atoms with E-state index < -0.39 is 14.9 Å². The normalized spacial score (nSPS) is 16.4. The molecular formula is C22H27N5O4S2. The van der Waals surface area contributed by atoms with Gasteiger partial charge in [-0.2, -0.15) is 0 Å². The third-order valence-electron chi connectivity index (χ3n) is 5.72. The molecule has 1 fully saturated rings. The lowest BCUT2D eigenvalue weighted by atomic mass is 10.2. The lowest BCUT2D eigenvalue weighted by molar-refractivity contribution is -0.384. The molecule has 1 atom stereocenters. The van der Waals surface area contributed by atoms with Crippen LogP contribution in [0.4, 0.5) is 11.4 Å². The number of nitrogens with one attached hydrogen (secondary N) is 1. The number of benzene rings is 2. The zero-order valence-corrected chi connectivity index (χ0v) is 20.4. The fraction of sp³-hybridized carbons (Fsp3) is 0.409. The van der Waals surface area contributed by atoms with E-state index in [1.54, 1.807) is 31.3 Å². The third-order valence-corrected chi connectivity index (χ3v) is 8.58. The molecule has 0 radical (unpaired) electrons. The summed E-state index contributed by atoms with van der Waals surface area (Å²) in [6.07, 6.45) is 0. The zero-order valence-electron chi connectivity index (χ0n) is 18.8. The van der Waals surface area contributed by atoms with Crippen LogP contribution in [-0.2, 0) is 10.0 Å². The van der Waals surface area contributed by atoms with Gasteiger partial charge in [0.15, 0.2) is 0 Å². The number of hydrogen-bond acceptors (Lipinski definition) is 8. The van der Waals surface area contributed by atoms with E-state index >= 15 is 0 Å². The Kier molecular flexibility index (Phi) is 6.66. The zero-order chi connectivity index (χ0) is 23.8. The second-order valence-corrected chi connectivity index (χ2v) is 11.2. The van der Waals surface area contributed by atoms with Crippen LogP contribution < -0.4 is 9.62 Å². The Bertz CT molecular complexity index is 1230. The van der Waals surface area contributed by atoms with Gasteiger partial charge in [-0.15, -0.1) is 11.3 Å². The van der Waals surface area contributed by atoms with Crippen molar-refractivity contribution in [2.45, 2.75) is 37.8 Å². The molecule has 2 aromatic carbocycles. The van der Waals surface area contributed by atoms with Crippen molar-refractivity contribution in [2.24, 2.45) is 0 Å². The number of piperazine rings is 1. The van der Waals surface area contributed by atoms with Crippen LogP contribution in [0.25, 0.3) is 10.2 Å². The standard InChI is InChI=1S/C22H27N5O4S2/c1-15(2)24-33(30,31)17-8-9-19(20(14-17)27(28)29)26-12-10-25(11-13-26)16(3)22-23-18-6-4-5-7-21(18)32-22/h4-9,14-16,24H,10-13H2,1-3H3/t16-/m1/s1. The number of anilines is 1. The first-order chi connectivity index (χ1) is 15.7. The first kappa shape index (κ1) is 23.6. The van der Waals surface area contributed by atoms with Gasteiger partial charge in [-0.05, 0) is 45.0 Å². The number of hydrogen-bond donors (Lipinski definition) is 1. The summed E-state index contributed by atoms with van der Waals surface area (Å²) in [5, 5.41) is 12.8. The van der Waals surface area contributed by atoms with Gasteiger partial charge < -0.3 is 4.90 Å². The van der Waals surface area contributed by atoms with Gasteiger partial charge >= 0.3 is 0 Å². The minimum absolute atomic E-state index is 0.102. The number of para-hydroxylation sites is 1. The quantitative estimate of drug-likeness (QED) is 0.397. The molecule has 176 valence electrons. The molecule has 1 aromatic heterocycles. The summed E-state index contributed by atoms with van der Waals surface area (Å²) in [5.41, 5.74) is 1.24. The highest BCUT2D eigenvalue weighted by Gasteiger charge is 2.29. The molecule has 0 unspecified atom stereocenters. The molecule has 4 rings (SSSR count). The maximum absolute atomic E-state index is 12.5. The lowest BCUT2D eigenvalue weighted by Crippen LogP contribution is -2.47. The van der Waals surface area contributed by atoms with E-state index in [2.05, 4.69) is 22.6 Å². The SMILES string of the molecule is CC(C)NS(=O)(=O)c1ccc(N2CCN([C@H](C)c3nc4ccccc4s3)CC2)c([N+](=O)[O-])c1. The summed E-state index contributed by atoms with van der Waals surface area (Å²) in [6, 6.07) is 12.0. The molecule has 3 aromatic rings. The van der Waals surface area contributed by atoms with Gasteiger partial charge in [0.1, 0.15) is 10.7 Å². The predicted molar refractivity (Wildman–Crippen MR) is 130 cm³/mol. The van der Waals surface area contributed by atoms with Gasteiger partial charge in [0, 0.05) is 38.3 Å². The average molecular weight is 490 g/mol. The van der Waals surface area contributed by atoms with Crippen molar-refractivity contribution in [2.75, 3.05) is 31.1 Å². The highest BCUT2D eigenvalue weighted by molar-refractivity contribution is 7.89. The van der Waals surface area contributed by atoms with Crippen LogP contribution in [0.15, 0.2) is 47.4 Å². The van der Waals surface area contributed by atoms with E-state index in [1.807, 2.05) is 23.1 Å². The Morgan fingerprint density at radius 2 is 1.79 bits per heavy atom. The number of nitro groups is 1. The second-order valence-electron chi connectivity index (χ2n) is 8.40. The molecule has 1 saturated heterocycles. The fourth-order valence-corrected chi connectivity index (χ4v) is 6.36. The van der Waals surface area contributed by atoms with Crippen LogP contribution in [-0.4, -0.2) is 55.4 Å². The Hall–Kier alpha value is -2.60. The van der Waals surface area contributed by atoms with Crippen molar-refractivity contribution >= 4 is 43.0 Å². The van der Waals surface area contributed by atoms with Crippen molar-refractivity contribution in [1.82, 2.24) is 14.6 Å². The maximum Gasteiger partial charge on any atom is 0.293 e. The Morgan fingerprint density at radius 3 is 2.42 bits per heavy atom. The number of aromatic nitrogens is 1. The van der Waals surface area contributed by atoms with E-state index in [4.69, 9.17) is 4.98 Å². The largest absolute Gasteiger partial charge is 0.363 e. The van der Waals surface area contributed by atoms with Crippen molar-refractivity contribution in [3.8, 4) is 0 Å². The van der Waals surface area contributed by atoms with Crippen molar-refractivity contribution in [3.05, 3.63) is 57.6 Å². The minimum Gasteiger partial charge on any atom is -0.363 e. The van der Waals surface area contributed by atoms with E-state index in [0.717, 1.165) is 34.4 Å². The number of thiazole rings is 1. The molecule has 0 amide bonds. The lowest BCUT2D eigenvalue weighted by Gasteiger charge is -2.38. The second kappa shape index (κ2) is 9.34. The van der Waals surface area contributed by atoms with Gasteiger partial charge in [-0.3, -0.25) is 15.0 Å². The Balaban J connectivity index is 1.50. The van der Waals surface area contributed by atoms with Crippen molar-refractivity contribution in [3.63, 3.8) is 0 Å². The van der Waals surface area contributed by atoms with Gasteiger partial charge in [0.2, 0.25) is 10.0 Å². The highest BCUT2D eigenvalue weighted by Crippen LogP contribution is 2.34. The summed E-state index contributed by atoms with van der Waals surface area (Å²) in [5.74, 6) is 0. The third kappa shape index (κ3) is 5.01.